The first-order valence-corrected chi connectivity index (χ1v) is 10.4. The van der Waals surface area contributed by atoms with Crippen LogP contribution in [0.5, 0.6) is 0 Å². The van der Waals surface area contributed by atoms with Crippen LogP contribution in [0.4, 0.5) is 0 Å². The average Bonchev–Trinajstić information content (AvgIpc) is 3.23. The van der Waals surface area contributed by atoms with Gasteiger partial charge in [-0.2, -0.15) is 0 Å². The van der Waals surface area contributed by atoms with Crippen molar-refractivity contribution in [3.63, 3.8) is 0 Å². The Morgan fingerprint density at radius 3 is 2.93 bits per heavy atom. The second-order valence-corrected chi connectivity index (χ2v) is 8.54. The number of nitrogens with one attached hydrogen (secondary N) is 1. The summed E-state index contributed by atoms with van der Waals surface area (Å²) in [5.74, 6) is 2.13. The lowest BCUT2D eigenvalue weighted by Gasteiger charge is -2.30. The third-order valence-electron chi connectivity index (χ3n) is 5.22. The smallest absolute Gasteiger partial charge is 0.233 e. The van der Waals surface area contributed by atoms with Crippen molar-refractivity contribution < 1.29 is 9.21 Å². The molecular weight excluding hydrogens is 360 g/mol. The third kappa shape index (κ3) is 4.46. The van der Waals surface area contributed by atoms with Crippen LogP contribution >= 0.6 is 11.8 Å². The molecule has 6 nitrogen and oxygen atoms in total. The van der Waals surface area contributed by atoms with E-state index in [1.807, 2.05) is 24.5 Å². The van der Waals surface area contributed by atoms with Crippen LogP contribution in [0.3, 0.4) is 0 Å². The lowest BCUT2D eigenvalue weighted by atomic mass is 9.86. The number of amides is 1. The average molecular weight is 389 g/mol. The number of carbonyl (C=O) groups excluding carboxylic acids is 1. The van der Waals surface area contributed by atoms with Gasteiger partial charge in [0.25, 0.3) is 0 Å². The Morgan fingerprint density at radius 1 is 1.48 bits per heavy atom. The van der Waals surface area contributed by atoms with Crippen molar-refractivity contribution in [3.05, 3.63) is 30.7 Å². The number of nitrogens with zero attached hydrogens (tertiary/aromatic N) is 3. The number of aryl methyl sites for hydroxylation is 1. The van der Waals surface area contributed by atoms with Gasteiger partial charge in [0.1, 0.15) is 5.76 Å². The maximum atomic E-state index is 12.7. The molecule has 3 rings (SSSR count). The van der Waals surface area contributed by atoms with Gasteiger partial charge in [0.05, 0.1) is 17.1 Å². The van der Waals surface area contributed by atoms with E-state index in [2.05, 4.69) is 29.0 Å². The van der Waals surface area contributed by atoms with E-state index in [4.69, 9.17) is 4.42 Å². The van der Waals surface area contributed by atoms with Crippen LogP contribution in [0.15, 0.2) is 34.6 Å². The largest absolute Gasteiger partial charge is 0.469 e. The summed E-state index contributed by atoms with van der Waals surface area (Å²) in [4.78, 5) is 12.7. The van der Waals surface area contributed by atoms with Gasteiger partial charge in [-0.1, -0.05) is 37.6 Å². The van der Waals surface area contributed by atoms with E-state index < -0.39 is 0 Å². The van der Waals surface area contributed by atoms with E-state index in [1.165, 1.54) is 31.0 Å². The molecule has 1 aliphatic carbocycles. The summed E-state index contributed by atoms with van der Waals surface area (Å²) in [5, 5.41) is 12.4. The summed E-state index contributed by atoms with van der Waals surface area (Å²) >= 11 is 1.43. The van der Waals surface area contributed by atoms with Crippen molar-refractivity contribution in [1.82, 2.24) is 20.1 Å². The van der Waals surface area contributed by atoms with Crippen molar-refractivity contribution in [2.75, 3.05) is 0 Å². The van der Waals surface area contributed by atoms with Gasteiger partial charge in [-0.3, -0.25) is 9.36 Å². The second kappa shape index (κ2) is 8.78. The number of carbonyl (C=O) groups is 1. The molecule has 2 heterocycles. The molecule has 1 saturated carbocycles. The molecule has 3 atom stereocenters. The van der Waals surface area contributed by atoms with E-state index in [9.17, 15) is 4.79 Å². The molecule has 146 valence electrons. The molecule has 1 aliphatic rings. The fourth-order valence-corrected chi connectivity index (χ4v) is 4.40. The third-order valence-corrected chi connectivity index (χ3v) is 6.30. The zero-order chi connectivity index (χ0) is 19.4. The Bertz CT molecular complexity index is 798. The number of hydrogen-bond donors (Lipinski definition) is 1. The Morgan fingerprint density at radius 2 is 2.26 bits per heavy atom. The summed E-state index contributed by atoms with van der Waals surface area (Å²) < 4.78 is 7.37. The Kier molecular flexibility index (Phi) is 6.42. The second-order valence-electron chi connectivity index (χ2n) is 7.23. The van der Waals surface area contributed by atoms with E-state index in [0.29, 0.717) is 17.6 Å². The maximum absolute atomic E-state index is 12.7. The van der Waals surface area contributed by atoms with Crippen molar-refractivity contribution in [1.29, 1.82) is 0 Å². The first-order valence-electron chi connectivity index (χ1n) is 9.56. The van der Waals surface area contributed by atoms with Crippen molar-refractivity contribution in [3.8, 4) is 11.4 Å². The van der Waals surface area contributed by atoms with Crippen LogP contribution in [0.1, 0.15) is 45.3 Å². The number of aromatic nitrogens is 3. The van der Waals surface area contributed by atoms with Crippen LogP contribution in [0.2, 0.25) is 0 Å². The molecule has 1 fully saturated rings. The fraction of sp³-hybridized carbons (Fsp3) is 0.550. The van der Waals surface area contributed by atoms with Crippen molar-refractivity contribution in [2.24, 2.45) is 5.92 Å². The van der Waals surface area contributed by atoms with Crippen molar-refractivity contribution in [2.45, 2.75) is 69.4 Å². The lowest BCUT2D eigenvalue weighted by Crippen LogP contribution is -2.44. The van der Waals surface area contributed by atoms with Gasteiger partial charge >= 0.3 is 0 Å². The van der Waals surface area contributed by atoms with Crippen LogP contribution < -0.4 is 5.32 Å². The summed E-state index contributed by atoms with van der Waals surface area (Å²) in [6.45, 7) is 10.4. The topological polar surface area (TPSA) is 73.0 Å². The number of thioether (sulfide) groups is 1. The predicted octanol–water partition coefficient (Wildman–Crippen LogP) is 4.21. The lowest BCUT2D eigenvalue weighted by molar-refractivity contribution is -0.121. The van der Waals surface area contributed by atoms with Crippen LogP contribution in [-0.4, -0.2) is 32.0 Å². The van der Waals surface area contributed by atoms with Gasteiger partial charge in [-0.05, 0) is 38.7 Å². The van der Waals surface area contributed by atoms with E-state index >= 15 is 0 Å². The molecule has 27 heavy (non-hydrogen) atoms. The zero-order valence-corrected chi connectivity index (χ0v) is 17.1. The SMILES string of the molecule is C=CCn1c(SC(C)C(=O)NC2CCCCC2C)nnc1-c1ccoc1C. The molecule has 0 aromatic carbocycles. The minimum Gasteiger partial charge on any atom is -0.469 e. The Labute approximate surface area is 164 Å². The fourth-order valence-electron chi connectivity index (χ4n) is 3.53. The molecule has 0 radical (unpaired) electrons. The number of rotatable bonds is 7. The van der Waals surface area contributed by atoms with Gasteiger partial charge in [0.2, 0.25) is 5.91 Å². The Balaban J connectivity index is 1.72. The number of furan rings is 1. The first-order chi connectivity index (χ1) is 13.0. The monoisotopic (exact) mass is 388 g/mol. The highest BCUT2D eigenvalue weighted by atomic mass is 32.2. The minimum absolute atomic E-state index is 0.0629. The van der Waals surface area contributed by atoms with Gasteiger partial charge < -0.3 is 9.73 Å². The minimum atomic E-state index is -0.245. The standard InChI is InChI=1S/C20H28N4O2S/c1-5-11-24-18(16-10-12-26-14(16)3)22-23-20(24)27-15(4)19(25)21-17-9-7-6-8-13(17)2/h5,10,12-13,15,17H,1,6-9,11H2,2-4H3,(H,21,25). The molecule has 0 saturated heterocycles. The first kappa shape index (κ1) is 19.7. The van der Waals surface area contributed by atoms with E-state index in [0.717, 1.165) is 23.6 Å². The van der Waals surface area contributed by atoms with Gasteiger partial charge in [0, 0.05) is 12.6 Å². The maximum Gasteiger partial charge on any atom is 0.233 e. The molecule has 3 unspecified atom stereocenters. The van der Waals surface area contributed by atoms with Crippen LogP contribution in [0, 0.1) is 12.8 Å². The summed E-state index contributed by atoms with van der Waals surface area (Å²) in [7, 11) is 0. The van der Waals surface area contributed by atoms with Gasteiger partial charge in [-0.15, -0.1) is 16.8 Å². The molecule has 0 bridgehead atoms. The molecule has 0 spiro atoms. The molecule has 7 heteroatoms. The molecule has 0 aliphatic heterocycles. The van der Waals surface area contributed by atoms with Crippen LogP contribution in [-0.2, 0) is 11.3 Å². The van der Waals surface area contributed by atoms with Gasteiger partial charge in [0.15, 0.2) is 11.0 Å². The Hall–Kier alpha value is -2.02. The van der Waals surface area contributed by atoms with E-state index in [1.54, 1.807) is 12.3 Å². The highest BCUT2D eigenvalue weighted by molar-refractivity contribution is 8.00. The highest BCUT2D eigenvalue weighted by Crippen LogP contribution is 2.30. The normalized spacial score (nSPS) is 21.0. The molecule has 2 aromatic rings. The summed E-state index contributed by atoms with van der Waals surface area (Å²) in [5.41, 5.74) is 0.907. The van der Waals surface area contributed by atoms with Crippen molar-refractivity contribution >= 4 is 17.7 Å². The summed E-state index contributed by atoms with van der Waals surface area (Å²) in [6, 6.07) is 2.16. The zero-order valence-electron chi connectivity index (χ0n) is 16.3. The highest BCUT2D eigenvalue weighted by Gasteiger charge is 2.26. The molecule has 1 amide bonds. The number of hydrogen-bond acceptors (Lipinski definition) is 5. The number of allylic oxidation sites excluding steroid dienone is 1. The van der Waals surface area contributed by atoms with Gasteiger partial charge in [-0.25, -0.2) is 0 Å². The predicted molar refractivity (Wildman–Crippen MR) is 108 cm³/mol. The summed E-state index contributed by atoms with van der Waals surface area (Å²) in [6.07, 6.45) is 8.16. The molecular formula is C20H28N4O2S. The molecule has 1 N–H and O–H groups in total. The van der Waals surface area contributed by atoms with Crippen LogP contribution in [0.25, 0.3) is 11.4 Å². The van der Waals surface area contributed by atoms with E-state index in [-0.39, 0.29) is 17.2 Å². The quantitative estimate of drug-likeness (QED) is 0.568. The molecule has 2 aromatic heterocycles.